The summed E-state index contributed by atoms with van der Waals surface area (Å²) in [6, 6.07) is 14.5. The molecule has 1 heterocycles. The van der Waals surface area contributed by atoms with Crippen molar-refractivity contribution in [1.29, 1.82) is 0 Å². The molecule has 0 fully saturated rings. The molecule has 1 aliphatic rings. The highest BCUT2D eigenvalue weighted by Crippen LogP contribution is 2.26. The van der Waals surface area contributed by atoms with Gasteiger partial charge in [-0.05, 0) is 41.5 Å². The number of hydrogen-bond acceptors (Lipinski definition) is 3. The Morgan fingerprint density at radius 2 is 1.87 bits per heavy atom. The number of carbonyl (C=O) groups excluding carboxylic acids is 2. The summed E-state index contributed by atoms with van der Waals surface area (Å²) in [5.74, 6) is 0.148. The monoisotopic (exact) mass is 308 g/mol. The maximum atomic E-state index is 11.8. The van der Waals surface area contributed by atoms with Gasteiger partial charge in [-0.25, -0.2) is 0 Å². The molecule has 2 aromatic carbocycles. The molecular formula is C18H16N2O3. The molecule has 2 aromatic rings. The minimum atomic E-state index is -0.397. The minimum absolute atomic E-state index is 0.359. The number of carbonyl (C=O) groups is 2. The van der Waals surface area contributed by atoms with E-state index in [9.17, 15) is 9.59 Å². The number of ether oxygens (including phenoxy) is 1. The van der Waals surface area contributed by atoms with Gasteiger partial charge in [-0.2, -0.15) is 0 Å². The maximum Gasteiger partial charge on any atom is 0.269 e. The lowest BCUT2D eigenvalue weighted by atomic mass is 10.1. The first-order chi connectivity index (χ1) is 11.2. The number of rotatable bonds is 3. The van der Waals surface area contributed by atoms with Crippen molar-refractivity contribution in [2.75, 3.05) is 6.61 Å². The van der Waals surface area contributed by atoms with Crippen LogP contribution in [0, 0.1) is 0 Å². The Bertz CT molecular complexity index is 754. The zero-order valence-corrected chi connectivity index (χ0v) is 12.4. The molecule has 0 aromatic heterocycles. The van der Waals surface area contributed by atoms with Crippen molar-refractivity contribution >= 4 is 17.9 Å². The van der Waals surface area contributed by atoms with Gasteiger partial charge in [-0.15, -0.1) is 0 Å². The Labute approximate surface area is 133 Å². The lowest BCUT2D eigenvalue weighted by Gasteiger charge is -2.05. The average Bonchev–Trinajstić information content (AvgIpc) is 3.06. The third-order valence-corrected chi connectivity index (χ3v) is 3.48. The van der Waals surface area contributed by atoms with E-state index in [2.05, 4.69) is 10.9 Å². The van der Waals surface area contributed by atoms with Crippen LogP contribution in [0.5, 0.6) is 5.75 Å². The van der Waals surface area contributed by atoms with Gasteiger partial charge in [0.25, 0.3) is 11.8 Å². The highest BCUT2D eigenvalue weighted by molar-refractivity contribution is 5.97. The Hall–Kier alpha value is -3.08. The molecule has 2 N–H and O–H groups in total. The topological polar surface area (TPSA) is 67.4 Å². The number of benzene rings is 2. The van der Waals surface area contributed by atoms with E-state index in [1.54, 1.807) is 30.3 Å². The predicted octanol–water partition coefficient (Wildman–Crippen LogP) is 2.10. The third kappa shape index (κ3) is 3.77. The Balaban J connectivity index is 1.54. The Morgan fingerprint density at radius 1 is 1.04 bits per heavy atom. The van der Waals surface area contributed by atoms with Crippen LogP contribution in [-0.2, 0) is 11.2 Å². The van der Waals surface area contributed by atoms with Gasteiger partial charge in [0.05, 0.1) is 6.61 Å². The van der Waals surface area contributed by atoms with Crippen LogP contribution in [0.15, 0.2) is 54.6 Å². The summed E-state index contributed by atoms with van der Waals surface area (Å²) in [7, 11) is 0. The van der Waals surface area contributed by atoms with Crippen LogP contribution in [-0.4, -0.2) is 18.4 Å². The molecule has 0 radical (unpaired) electrons. The summed E-state index contributed by atoms with van der Waals surface area (Å²) < 4.78 is 5.44. The Morgan fingerprint density at radius 3 is 2.70 bits per heavy atom. The van der Waals surface area contributed by atoms with Crippen LogP contribution >= 0.6 is 0 Å². The smallest absolute Gasteiger partial charge is 0.269 e. The fourth-order valence-corrected chi connectivity index (χ4v) is 2.30. The highest BCUT2D eigenvalue weighted by Gasteiger charge is 2.11. The fraction of sp³-hybridized carbons (Fsp3) is 0.111. The molecule has 0 aliphatic carbocycles. The lowest BCUT2D eigenvalue weighted by molar-refractivity contribution is -0.117. The summed E-state index contributed by atoms with van der Waals surface area (Å²) in [6.45, 7) is 0.703. The third-order valence-electron chi connectivity index (χ3n) is 3.48. The van der Waals surface area contributed by atoms with Gasteiger partial charge >= 0.3 is 0 Å². The van der Waals surface area contributed by atoms with E-state index in [0.29, 0.717) is 12.2 Å². The number of hydrazine groups is 1. The Kier molecular flexibility index (Phi) is 4.38. The predicted molar refractivity (Wildman–Crippen MR) is 86.7 cm³/mol. The van der Waals surface area contributed by atoms with Crippen LogP contribution in [0.25, 0.3) is 6.08 Å². The molecule has 0 saturated carbocycles. The lowest BCUT2D eigenvalue weighted by Crippen LogP contribution is -2.40. The number of nitrogens with one attached hydrogen (secondary N) is 2. The van der Waals surface area contributed by atoms with Gasteiger partial charge in [0, 0.05) is 18.1 Å². The first-order valence-electron chi connectivity index (χ1n) is 7.31. The van der Waals surface area contributed by atoms with E-state index >= 15 is 0 Å². The van der Waals surface area contributed by atoms with E-state index in [1.807, 2.05) is 24.3 Å². The maximum absolute atomic E-state index is 11.8. The van der Waals surface area contributed by atoms with Crippen molar-refractivity contribution in [3.63, 3.8) is 0 Å². The molecular weight excluding hydrogens is 292 g/mol. The summed E-state index contributed by atoms with van der Waals surface area (Å²) in [4.78, 5) is 23.5. The van der Waals surface area contributed by atoms with Crippen LogP contribution < -0.4 is 15.6 Å². The first-order valence-corrected chi connectivity index (χ1v) is 7.31. The van der Waals surface area contributed by atoms with Crippen LogP contribution in [0.4, 0.5) is 0 Å². The second-order valence-electron chi connectivity index (χ2n) is 5.11. The largest absolute Gasteiger partial charge is 0.493 e. The molecule has 2 amide bonds. The molecule has 5 heteroatoms. The second-order valence-corrected chi connectivity index (χ2v) is 5.11. The van der Waals surface area contributed by atoms with Crippen molar-refractivity contribution in [3.8, 4) is 5.75 Å². The zero-order valence-electron chi connectivity index (χ0n) is 12.4. The average molecular weight is 308 g/mol. The summed E-state index contributed by atoms with van der Waals surface area (Å²) in [6.07, 6.45) is 3.96. The first kappa shape index (κ1) is 14.8. The van der Waals surface area contributed by atoms with Gasteiger partial charge in [-0.3, -0.25) is 20.4 Å². The SMILES string of the molecule is O=C(/C=C/c1ccc2c(c1)CCO2)NNC(=O)c1ccccc1. The highest BCUT2D eigenvalue weighted by atomic mass is 16.5. The molecule has 0 saturated heterocycles. The fourth-order valence-electron chi connectivity index (χ4n) is 2.30. The molecule has 3 rings (SSSR count). The van der Waals surface area contributed by atoms with Gasteiger partial charge in [0.15, 0.2) is 0 Å². The number of hydrogen-bond donors (Lipinski definition) is 2. The molecule has 0 atom stereocenters. The molecule has 0 spiro atoms. The van der Waals surface area contributed by atoms with Gasteiger partial charge in [0.1, 0.15) is 5.75 Å². The minimum Gasteiger partial charge on any atom is -0.493 e. The molecule has 1 aliphatic heterocycles. The molecule has 0 bridgehead atoms. The number of fused-ring (bicyclic) bond motifs is 1. The van der Waals surface area contributed by atoms with Crippen LogP contribution in [0.2, 0.25) is 0 Å². The normalized spacial score (nSPS) is 12.5. The van der Waals surface area contributed by atoms with Crippen LogP contribution in [0.1, 0.15) is 21.5 Å². The van der Waals surface area contributed by atoms with E-state index in [-0.39, 0.29) is 5.91 Å². The molecule has 0 unspecified atom stereocenters. The van der Waals surface area contributed by atoms with Gasteiger partial charge in [0.2, 0.25) is 0 Å². The second kappa shape index (κ2) is 6.79. The zero-order chi connectivity index (χ0) is 16.1. The quantitative estimate of drug-likeness (QED) is 0.674. The summed E-state index contributed by atoms with van der Waals surface area (Å²) >= 11 is 0. The molecule has 5 nitrogen and oxygen atoms in total. The van der Waals surface area contributed by atoms with Crippen molar-refractivity contribution in [3.05, 3.63) is 71.3 Å². The van der Waals surface area contributed by atoms with Crippen molar-refractivity contribution in [2.45, 2.75) is 6.42 Å². The van der Waals surface area contributed by atoms with Crippen molar-refractivity contribution in [2.24, 2.45) is 0 Å². The molecule has 116 valence electrons. The van der Waals surface area contributed by atoms with E-state index in [0.717, 1.165) is 23.3 Å². The summed E-state index contributed by atoms with van der Waals surface area (Å²) in [5.41, 5.74) is 7.26. The van der Waals surface area contributed by atoms with Gasteiger partial charge in [-0.1, -0.05) is 24.3 Å². The van der Waals surface area contributed by atoms with E-state index < -0.39 is 5.91 Å². The van der Waals surface area contributed by atoms with Crippen LogP contribution in [0.3, 0.4) is 0 Å². The van der Waals surface area contributed by atoms with E-state index in [1.165, 1.54) is 6.08 Å². The number of amides is 2. The standard InChI is InChI=1S/C18H16N2O3/c21-17(19-20-18(22)14-4-2-1-3-5-14)9-7-13-6-8-16-15(12-13)10-11-23-16/h1-9,12H,10-11H2,(H,19,21)(H,20,22)/b9-7+. The van der Waals surface area contributed by atoms with Gasteiger partial charge < -0.3 is 4.74 Å². The van der Waals surface area contributed by atoms with Crippen molar-refractivity contribution < 1.29 is 14.3 Å². The van der Waals surface area contributed by atoms with Crippen molar-refractivity contribution in [1.82, 2.24) is 10.9 Å². The van der Waals surface area contributed by atoms with E-state index in [4.69, 9.17) is 4.74 Å². The summed E-state index contributed by atoms with van der Waals surface area (Å²) in [5, 5.41) is 0. The molecule has 23 heavy (non-hydrogen) atoms.